The van der Waals surface area contributed by atoms with Gasteiger partial charge >= 0.3 is 12.2 Å². The zero-order valence-corrected chi connectivity index (χ0v) is 49.5. The summed E-state index contributed by atoms with van der Waals surface area (Å²) in [7, 11) is 6.27. The van der Waals surface area contributed by atoms with Crippen molar-refractivity contribution in [1.82, 2.24) is 20.0 Å². The van der Waals surface area contributed by atoms with Crippen molar-refractivity contribution in [3.05, 3.63) is 71.8 Å². The van der Waals surface area contributed by atoms with Crippen molar-refractivity contribution in [2.75, 3.05) is 52.0 Å². The number of carbonyl (C=O) groups is 7. The first-order valence-corrected chi connectivity index (χ1v) is 28.7. The molecule has 0 aromatic heterocycles. The number of ketones is 2. The van der Waals surface area contributed by atoms with Crippen LogP contribution in [0.1, 0.15) is 150 Å². The largest absolute Gasteiger partial charge is 0.445 e. The lowest BCUT2D eigenvalue weighted by Crippen LogP contribution is -2.55. The molecule has 2 aliphatic rings. The van der Waals surface area contributed by atoms with Gasteiger partial charge in [0.25, 0.3) is 0 Å². The van der Waals surface area contributed by atoms with E-state index in [1.807, 2.05) is 71.9 Å². The minimum atomic E-state index is -0.938. The van der Waals surface area contributed by atoms with Crippen LogP contribution in [0.25, 0.3) is 0 Å². The van der Waals surface area contributed by atoms with E-state index in [0.29, 0.717) is 54.7 Å². The number of hydrogen-bond donors (Lipinski definition) is 4. The number of methoxy groups -OCH3 is 2. The van der Waals surface area contributed by atoms with Crippen LogP contribution in [0.4, 0.5) is 21.0 Å². The Labute approximate surface area is 470 Å². The third-order valence-corrected chi connectivity index (χ3v) is 16.0. The molecule has 2 aromatic carbocycles. The van der Waals surface area contributed by atoms with Gasteiger partial charge in [-0.25, -0.2) is 9.59 Å². The smallest absolute Gasteiger partial charge is 0.412 e. The highest BCUT2D eigenvalue weighted by molar-refractivity contribution is 5.93. The van der Waals surface area contributed by atoms with Crippen LogP contribution in [0.3, 0.4) is 0 Å². The summed E-state index contributed by atoms with van der Waals surface area (Å²) in [6.07, 6.45) is 6.83. The second kappa shape index (κ2) is 32.4. The minimum Gasteiger partial charge on any atom is -0.445 e. The van der Waals surface area contributed by atoms with Crippen molar-refractivity contribution in [2.45, 2.75) is 188 Å². The van der Waals surface area contributed by atoms with Gasteiger partial charge in [-0.15, -0.1) is 0 Å². The number of allylic oxidation sites excluding steroid dienone is 1. The number of carbonyl (C=O) groups excluding carboxylic acids is 7. The molecular weight excluding hydrogens is 1010 g/mol. The fraction of sp³-hybridized carbons (Fsp3) is 0.656. The van der Waals surface area contributed by atoms with Crippen molar-refractivity contribution in [1.29, 1.82) is 0 Å². The fourth-order valence-electron chi connectivity index (χ4n) is 11.0. The Morgan fingerprint density at radius 1 is 0.810 bits per heavy atom. The molecule has 5 amide bonds. The van der Waals surface area contributed by atoms with Gasteiger partial charge in [0, 0.05) is 53.6 Å². The topological polar surface area (TPSA) is 222 Å². The SMILES string of the molecule is CCC(=O)CNc1cc(COC(=O)N(C)[C@H](C(=O)CC(C(=O)N(C)[C@@H]([C@@H](C)CC)[C@@H](CC(=O)N2CCC[C@H]2[C@H](OC)[C@@H](C)C(=O)N[C@H](C)[C@@H](O)c2ccccc2)OC)C(C)C)C(C)C)ccc1NC(=O)OC1/C=C/CCCCC1. The molecule has 440 valence electrons. The van der Waals surface area contributed by atoms with Gasteiger partial charge in [0.05, 0.1) is 72.7 Å². The van der Waals surface area contributed by atoms with Crippen LogP contribution in [-0.2, 0) is 49.5 Å². The molecule has 18 nitrogen and oxygen atoms in total. The molecule has 18 heteroatoms. The van der Waals surface area contributed by atoms with Crippen LogP contribution >= 0.6 is 0 Å². The van der Waals surface area contributed by atoms with Gasteiger partial charge in [0.15, 0.2) is 11.6 Å². The van der Waals surface area contributed by atoms with Gasteiger partial charge < -0.3 is 49.4 Å². The Balaban J connectivity index is 1.44. The summed E-state index contributed by atoms with van der Waals surface area (Å²) >= 11 is 0. The molecule has 2 aromatic rings. The highest BCUT2D eigenvalue weighted by Gasteiger charge is 2.44. The summed E-state index contributed by atoms with van der Waals surface area (Å²) < 4.78 is 23.6. The van der Waals surface area contributed by atoms with Crippen molar-refractivity contribution in [2.24, 2.45) is 29.6 Å². The number of likely N-dealkylation sites (tertiary alicyclic amines) is 1. The minimum absolute atomic E-state index is 0.0126. The van der Waals surface area contributed by atoms with E-state index in [4.69, 9.17) is 18.9 Å². The van der Waals surface area contributed by atoms with Gasteiger partial charge in [-0.2, -0.15) is 0 Å². The monoisotopic (exact) mass is 1100 g/mol. The fourth-order valence-corrected chi connectivity index (χ4v) is 11.0. The normalized spacial score (nSPS) is 19.5. The average molecular weight is 1100 g/mol. The maximum Gasteiger partial charge on any atom is 0.412 e. The first kappa shape index (κ1) is 65.7. The number of nitrogens with one attached hydrogen (secondary N) is 3. The van der Waals surface area contributed by atoms with Crippen LogP contribution in [0, 0.1) is 29.6 Å². The molecule has 0 radical (unpaired) electrons. The molecule has 2 unspecified atom stereocenters. The van der Waals surface area contributed by atoms with Gasteiger partial charge in [-0.05, 0) is 92.5 Å². The number of Topliss-reactive ketones (excluding diaryl/α,β-unsaturated/α-hetero) is 2. The first-order chi connectivity index (χ1) is 37.6. The summed E-state index contributed by atoms with van der Waals surface area (Å²) in [5.41, 5.74) is 2.07. The number of hydrogen-bond acceptors (Lipinski definition) is 13. The second-order valence-electron chi connectivity index (χ2n) is 22.4. The molecule has 4 rings (SSSR count). The Morgan fingerprint density at radius 3 is 2.15 bits per heavy atom. The zero-order valence-electron chi connectivity index (χ0n) is 49.5. The van der Waals surface area contributed by atoms with Gasteiger partial charge in [-0.3, -0.25) is 29.3 Å². The van der Waals surface area contributed by atoms with Gasteiger partial charge in [0.1, 0.15) is 12.7 Å². The number of benzene rings is 2. The van der Waals surface area contributed by atoms with Crippen LogP contribution < -0.4 is 16.0 Å². The van der Waals surface area contributed by atoms with E-state index in [1.165, 1.54) is 26.2 Å². The number of anilines is 2. The van der Waals surface area contributed by atoms with E-state index in [1.54, 1.807) is 68.0 Å². The van der Waals surface area contributed by atoms with E-state index in [2.05, 4.69) is 16.0 Å². The number of rotatable bonds is 29. The molecule has 1 heterocycles. The Kier molecular flexibility index (Phi) is 26.9. The quantitative estimate of drug-likeness (QED) is 0.0558. The second-order valence-corrected chi connectivity index (χ2v) is 22.4. The van der Waals surface area contributed by atoms with E-state index in [9.17, 15) is 38.7 Å². The van der Waals surface area contributed by atoms with E-state index in [-0.39, 0.29) is 79.1 Å². The Morgan fingerprint density at radius 2 is 1.52 bits per heavy atom. The van der Waals surface area contributed by atoms with E-state index >= 15 is 0 Å². The first-order valence-electron chi connectivity index (χ1n) is 28.7. The third-order valence-electron chi connectivity index (χ3n) is 16.0. The van der Waals surface area contributed by atoms with Crippen molar-refractivity contribution in [3.63, 3.8) is 0 Å². The summed E-state index contributed by atoms with van der Waals surface area (Å²) in [6.45, 7) is 17.0. The van der Waals surface area contributed by atoms with Crippen molar-refractivity contribution >= 4 is 52.8 Å². The number of nitrogens with zero attached hydrogens (tertiary/aromatic N) is 3. The molecule has 1 saturated heterocycles. The van der Waals surface area contributed by atoms with Crippen LogP contribution in [-0.4, -0.2) is 145 Å². The van der Waals surface area contributed by atoms with Gasteiger partial charge in [0.2, 0.25) is 17.7 Å². The molecule has 0 saturated carbocycles. The van der Waals surface area contributed by atoms with Gasteiger partial charge in [-0.1, -0.05) is 111 Å². The maximum atomic E-state index is 14.8. The van der Waals surface area contributed by atoms with Crippen LogP contribution in [0.2, 0.25) is 0 Å². The van der Waals surface area contributed by atoms with E-state index < -0.39 is 66.5 Å². The maximum absolute atomic E-state index is 14.8. The summed E-state index contributed by atoms with van der Waals surface area (Å²) in [4.78, 5) is 101. The summed E-state index contributed by atoms with van der Waals surface area (Å²) in [5.74, 6) is -3.32. The molecular formula is C61H94N6O12. The zero-order chi connectivity index (χ0) is 58.5. The highest BCUT2D eigenvalue weighted by Crippen LogP contribution is 2.32. The predicted molar refractivity (Wildman–Crippen MR) is 306 cm³/mol. The van der Waals surface area contributed by atoms with Crippen molar-refractivity contribution in [3.8, 4) is 0 Å². The summed E-state index contributed by atoms with van der Waals surface area (Å²) in [6, 6.07) is 11.7. The Hall–Kier alpha value is -5.85. The molecule has 11 atom stereocenters. The number of aliphatic hydroxyl groups is 1. The molecule has 4 N–H and O–H groups in total. The number of ether oxygens (including phenoxy) is 4. The summed E-state index contributed by atoms with van der Waals surface area (Å²) in [5, 5.41) is 19.8. The number of amides is 5. The van der Waals surface area contributed by atoms with Crippen LogP contribution in [0.15, 0.2) is 60.7 Å². The lowest BCUT2D eigenvalue weighted by molar-refractivity contribution is -0.149. The lowest BCUT2D eigenvalue weighted by atomic mass is 9.83. The molecule has 0 bridgehead atoms. The Bertz CT molecular complexity index is 2330. The third kappa shape index (κ3) is 18.9. The number of aliphatic hydroxyl groups excluding tert-OH is 1. The highest BCUT2D eigenvalue weighted by atomic mass is 16.6. The number of likely N-dealkylation sites (N-methyl/N-ethyl adjacent to an activating group) is 2. The molecule has 1 fully saturated rings. The predicted octanol–water partition coefficient (Wildman–Crippen LogP) is 9.50. The van der Waals surface area contributed by atoms with Crippen LogP contribution in [0.5, 0.6) is 0 Å². The molecule has 79 heavy (non-hydrogen) atoms. The van der Waals surface area contributed by atoms with Crippen molar-refractivity contribution < 1.29 is 57.6 Å². The molecule has 0 spiro atoms. The molecule has 1 aliphatic heterocycles. The van der Waals surface area contributed by atoms with E-state index in [0.717, 1.165) is 32.1 Å². The standard InChI is InChI=1S/C61H94N6O12/c1-14-40(7)55(52(76-12)35-53(70)67-32-24-29-50(67)57(77-13)41(8)58(72)63-42(9)56(71)44-25-20-19-21-26-44)65(10)59(73)47(38(3)4)34-51(69)54(39(5)6)66(11)61(75)78-37-43-30-31-48(49(33-43)62-36-45(68)15-2)64-60(74)79-46-27-22-17-16-18-23-28-46/h19-22,25-27,30-31,33,38-42,46-47,50,52,54-57,62,71H,14-18,23-24,28-29,32,34-37H2,1-13H3,(H,63,72)(H,64,74)/b27-22+/t40-,41+,42+,46?,47?,50-,52+,54-,55-,56+,57+/m0/s1. The molecule has 1 aliphatic carbocycles. The average Bonchev–Trinajstić information content (AvgIpc) is 3.93. The lowest BCUT2D eigenvalue weighted by Gasteiger charge is -2.41.